The molecule has 0 aromatic heterocycles. The predicted molar refractivity (Wildman–Crippen MR) is 78.4 cm³/mol. The molecule has 0 aliphatic carbocycles. The van der Waals surface area contributed by atoms with Crippen LogP contribution < -0.4 is 4.74 Å². The zero-order valence-electron chi connectivity index (χ0n) is 11.8. The third-order valence-corrected chi connectivity index (χ3v) is 3.75. The van der Waals surface area contributed by atoms with E-state index >= 15 is 0 Å². The minimum atomic E-state index is 0.130. The second-order valence-electron chi connectivity index (χ2n) is 5.33. The van der Waals surface area contributed by atoms with E-state index in [4.69, 9.17) is 4.74 Å². The van der Waals surface area contributed by atoms with Crippen LogP contribution in [0, 0.1) is 0 Å². The molecule has 0 aliphatic rings. The molecule has 0 aliphatic heterocycles. The van der Waals surface area contributed by atoms with Crippen molar-refractivity contribution in [3.63, 3.8) is 0 Å². The van der Waals surface area contributed by atoms with Crippen molar-refractivity contribution >= 4 is 10.8 Å². The van der Waals surface area contributed by atoms with Gasteiger partial charge in [0.2, 0.25) is 0 Å². The first-order chi connectivity index (χ1) is 8.60. The minimum absolute atomic E-state index is 0.130. The van der Waals surface area contributed by atoms with Crippen molar-refractivity contribution in [3.05, 3.63) is 42.0 Å². The Bertz CT molecular complexity index is 540. The summed E-state index contributed by atoms with van der Waals surface area (Å²) in [5, 5.41) is 2.60. The average molecular weight is 242 g/mol. The summed E-state index contributed by atoms with van der Waals surface area (Å²) in [6.07, 6.45) is 1.10. The van der Waals surface area contributed by atoms with E-state index in [9.17, 15) is 0 Å². The van der Waals surface area contributed by atoms with E-state index < -0.39 is 0 Å². The van der Waals surface area contributed by atoms with Crippen LogP contribution in [0.5, 0.6) is 5.75 Å². The van der Waals surface area contributed by atoms with Gasteiger partial charge < -0.3 is 4.74 Å². The normalized spacial score (nSPS) is 11.8. The van der Waals surface area contributed by atoms with Crippen LogP contribution in [0.3, 0.4) is 0 Å². The predicted octanol–water partition coefficient (Wildman–Crippen LogP) is 4.93. The Morgan fingerprint density at radius 2 is 1.72 bits per heavy atom. The van der Waals surface area contributed by atoms with E-state index in [0.29, 0.717) is 6.61 Å². The highest BCUT2D eigenvalue weighted by Gasteiger charge is 2.24. The number of hydrogen-bond acceptors (Lipinski definition) is 1. The van der Waals surface area contributed by atoms with Crippen LogP contribution >= 0.6 is 0 Å². The van der Waals surface area contributed by atoms with E-state index in [2.05, 4.69) is 57.2 Å². The second kappa shape index (κ2) is 5.01. The molecule has 0 amide bonds. The molecule has 0 fully saturated rings. The maximum Gasteiger partial charge on any atom is 0.123 e. The minimum Gasteiger partial charge on any atom is -0.494 e. The largest absolute Gasteiger partial charge is 0.494 e. The van der Waals surface area contributed by atoms with Crippen LogP contribution in [0.25, 0.3) is 10.8 Å². The van der Waals surface area contributed by atoms with Gasteiger partial charge >= 0.3 is 0 Å². The summed E-state index contributed by atoms with van der Waals surface area (Å²) < 4.78 is 5.83. The molecule has 2 aromatic carbocycles. The summed E-state index contributed by atoms with van der Waals surface area (Å²) in [6.45, 7) is 9.56. The van der Waals surface area contributed by atoms with Crippen molar-refractivity contribution < 1.29 is 4.74 Å². The van der Waals surface area contributed by atoms with Crippen molar-refractivity contribution in [2.45, 2.75) is 39.5 Å². The lowest BCUT2D eigenvalue weighted by atomic mass is 9.79. The number of rotatable bonds is 4. The van der Waals surface area contributed by atoms with Crippen molar-refractivity contribution in [2.75, 3.05) is 6.61 Å². The van der Waals surface area contributed by atoms with Crippen LogP contribution in [0.15, 0.2) is 36.4 Å². The molecule has 1 nitrogen and oxygen atoms in total. The molecule has 0 bridgehead atoms. The molecule has 0 spiro atoms. The van der Waals surface area contributed by atoms with E-state index in [-0.39, 0.29) is 5.41 Å². The van der Waals surface area contributed by atoms with Gasteiger partial charge in [0.1, 0.15) is 5.75 Å². The summed E-state index contributed by atoms with van der Waals surface area (Å²) in [5.74, 6) is 1.03. The summed E-state index contributed by atoms with van der Waals surface area (Å²) in [5.41, 5.74) is 1.47. The highest BCUT2D eigenvalue weighted by molar-refractivity contribution is 5.88. The molecule has 96 valence electrons. The first-order valence-corrected chi connectivity index (χ1v) is 6.75. The molecule has 0 radical (unpaired) electrons. The zero-order chi connectivity index (χ0) is 13.2. The third kappa shape index (κ3) is 2.22. The number of ether oxygens (including phenoxy) is 1. The average Bonchev–Trinajstić information content (AvgIpc) is 2.38. The van der Waals surface area contributed by atoms with Crippen LogP contribution in [0.1, 0.15) is 39.7 Å². The Kier molecular flexibility index (Phi) is 3.60. The van der Waals surface area contributed by atoms with Gasteiger partial charge in [0.25, 0.3) is 0 Å². The van der Waals surface area contributed by atoms with E-state index in [1.165, 1.54) is 16.3 Å². The maximum atomic E-state index is 5.83. The Balaban J connectivity index is 2.74. The lowest BCUT2D eigenvalue weighted by Crippen LogP contribution is -2.17. The second-order valence-corrected chi connectivity index (χ2v) is 5.33. The van der Waals surface area contributed by atoms with Gasteiger partial charge in [0, 0.05) is 5.56 Å². The number of hydrogen-bond donors (Lipinski definition) is 0. The Morgan fingerprint density at radius 3 is 2.39 bits per heavy atom. The van der Waals surface area contributed by atoms with Crippen LogP contribution in [-0.4, -0.2) is 6.61 Å². The monoisotopic (exact) mass is 242 g/mol. The first kappa shape index (κ1) is 12.9. The fourth-order valence-corrected chi connectivity index (χ4v) is 2.40. The number of fused-ring (bicyclic) bond motifs is 1. The molecule has 0 N–H and O–H groups in total. The molecular weight excluding hydrogens is 220 g/mol. The summed E-state index contributed by atoms with van der Waals surface area (Å²) in [4.78, 5) is 0. The van der Waals surface area contributed by atoms with E-state index in [1.54, 1.807) is 0 Å². The first-order valence-electron chi connectivity index (χ1n) is 6.75. The molecular formula is C17H22O. The Morgan fingerprint density at radius 1 is 1.00 bits per heavy atom. The van der Waals surface area contributed by atoms with Crippen LogP contribution in [0.4, 0.5) is 0 Å². The molecule has 0 saturated carbocycles. The zero-order valence-corrected chi connectivity index (χ0v) is 11.8. The van der Waals surface area contributed by atoms with Gasteiger partial charge in [-0.1, -0.05) is 51.1 Å². The quantitative estimate of drug-likeness (QED) is 0.739. The van der Waals surface area contributed by atoms with Gasteiger partial charge in [-0.25, -0.2) is 0 Å². The fraction of sp³-hybridized carbons (Fsp3) is 0.412. The molecule has 0 heterocycles. The van der Waals surface area contributed by atoms with Gasteiger partial charge in [0.05, 0.1) is 6.61 Å². The topological polar surface area (TPSA) is 9.23 Å². The molecule has 0 saturated heterocycles. The standard InChI is InChI=1S/C17H22O/c1-5-17(3,4)16-14-10-8-7-9-13(14)11-12-15(16)18-6-2/h7-12H,5-6H2,1-4H3. The third-order valence-electron chi connectivity index (χ3n) is 3.75. The van der Waals surface area contributed by atoms with Gasteiger partial charge in [-0.15, -0.1) is 0 Å². The van der Waals surface area contributed by atoms with Crippen LogP contribution in [-0.2, 0) is 5.41 Å². The molecule has 2 aromatic rings. The highest BCUT2D eigenvalue weighted by atomic mass is 16.5. The van der Waals surface area contributed by atoms with Crippen molar-refractivity contribution in [1.29, 1.82) is 0 Å². The Labute approximate surface area is 110 Å². The summed E-state index contributed by atoms with van der Waals surface area (Å²) in [6, 6.07) is 12.8. The lowest BCUT2D eigenvalue weighted by Gasteiger charge is -2.27. The molecule has 0 atom stereocenters. The molecule has 0 unspecified atom stereocenters. The summed E-state index contributed by atoms with van der Waals surface area (Å²) >= 11 is 0. The van der Waals surface area contributed by atoms with E-state index in [1.807, 2.05) is 6.92 Å². The molecule has 2 rings (SSSR count). The number of benzene rings is 2. The molecule has 1 heteroatoms. The van der Waals surface area contributed by atoms with Crippen LogP contribution in [0.2, 0.25) is 0 Å². The van der Waals surface area contributed by atoms with E-state index in [0.717, 1.165) is 12.2 Å². The molecule has 18 heavy (non-hydrogen) atoms. The fourth-order valence-electron chi connectivity index (χ4n) is 2.40. The van der Waals surface area contributed by atoms with Gasteiger partial charge in [-0.05, 0) is 35.6 Å². The van der Waals surface area contributed by atoms with Gasteiger partial charge in [0.15, 0.2) is 0 Å². The van der Waals surface area contributed by atoms with Crippen molar-refractivity contribution in [2.24, 2.45) is 0 Å². The summed E-state index contributed by atoms with van der Waals surface area (Å²) in [7, 11) is 0. The lowest BCUT2D eigenvalue weighted by molar-refractivity contribution is 0.327. The van der Waals surface area contributed by atoms with Gasteiger partial charge in [-0.3, -0.25) is 0 Å². The Hall–Kier alpha value is -1.50. The SMILES string of the molecule is CCOc1ccc2ccccc2c1C(C)(C)CC. The van der Waals surface area contributed by atoms with Gasteiger partial charge in [-0.2, -0.15) is 0 Å². The van der Waals surface area contributed by atoms with Crippen molar-refractivity contribution in [3.8, 4) is 5.75 Å². The maximum absolute atomic E-state index is 5.83. The smallest absolute Gasteiger partial charge is 0.123 e. The highest BCUT2D eigenvalue weighted by Crippen LogP contribution is 2.39. The van der Waals surface area contributed by atoms with Crippen molar-refractivity contribution in [1.82, 2.24) is 0 Å².